The van der Waals surface area contributed by atoms with E-state index in [0.717, 1.165) is 11.1 Å². The molecule has 0 spiro atoms. The summed E-state index contributed by atoms with van der Waals surface area (Å²) in [6.45, 7) is 1.28. The van der Waals surface area contributed by atoms with Crippen molar-refractivity contribution in [3.05, 3.63) is 47.3 Å². The van der Waals surface area contributed by atoms with Crippen LogP contribution in [0.1, 0.15) is 17.5 Å². The van der Waals surface area contributed by atoms with E-state index in [1.807, 2.05) is 26.2 Å². The maximum atomic E-state index is 14.0. The van der Waals surface area contributed by atoms with Gasteiger partial charge >= 0.3 is 0 Å². The molecule has 0 aromatic heterocycles. The normalized spacial score (nSPS) is 18.2. The highest BCUT2D eigenvalue weighted by molar-refractivity contribution is 5.53. The minimum Gasteiger partial charge on any atom is -0.493 e. The van der Waals surface area contributed by atoms with E-state index in [0.29, 0.717) is 49.2 Å². The van der Waals surface area contributed by atoms with Crippen molar-refractivity contribution in [2.75, 3.05) is 48.6 Å². The molecule has 0 aliphatic carbocycles. The van der Waals surface area contributed by atoms with Crippen molar-refractivity contribution in [1.29, 1.82) is 0 Å². The summed E-state index contributed by atoms with van der Waals surface area (Å²) in [4.78, 5) is 2.07. The third kappa shape index (κ3) is 4.11. The van der Waals surface area contributed by atoms with E-state index >= 15 is 0 Å². The van der Waals surface area contributed by atoms with Crippen molar-refractivity contribution < 1.29 is 28.1 Å². The van der Waals surface area contributed by atoms with Gasteiger partial charge < -0.3 is 23.7 Å². The SMILES string of the molecule is COc1cc(COCC2(N(C)C)CCOc3ccc(F)cc32)cc(OC)c1OC. The van der Waals surface area contributed by atoms with Crippen LogP contribution < -0.4 is 18.9 Å². The van der Waals surface area contributed by atoms with E-state index in [2.05, 4.69) is 4.90 Å². The average Bonchev–Trinajstić information content (AvgIpc) is 2.72. The lowest BCUT2D eigenvalue weighted by atomic mass is 9.84. The predicted molar refractivity (Wildman–Crippen MR) is 108 cm³/mol. The van der Waals surface area contributed by atoms with Gasteiger partial charge in [0, 0.05) is 12.0 Å². The molecule has 0 saturated carbocycles. The van der Waals surface area contributed by atoms with Gasteiger partial charge in [-0.3, -0.25) is 4.90 Å². The number of fused-ring (bicyclic) bond motifs is 1. The first-order valence-corrected chi connectivity index (χ1v) is 9.42. The molecule has 0 saturated heterocycles. The first kappa shape index (κ1) is 21.2. The molecule has 0 amide bonds. The Hall–Kier alpha value is -2.51. The summed E-state index contributed by atoms with van der Waals surface area (Å²) in [5, 5.41) is 0. The number of halogens is 1. The number of hydrogen-bond donors (Lipinski definition) is 0. The summed E-state index contributed by atoms with van der Waals surface area (Å²) in [7, 11) is 8.68. The van der Waals surface area contributed by atoms with Crippen LogP contribution in [-0.4, -0.2) is 53.5 Å². The number of hydrogen-bond acceptors (Lipinski definition) is 6. The van der Waals surface area contributed by atoms with Crippen molar-refractivity contribution in [2.24, 2.45) is 0 Å². The van der Waals surface area contributed by atoms with E-state index in [4.69, 9.17) is 23.7 Å². The largest absolute Gasteiger partial charge is 0.493 e. The highest BCUT2D eigenvalue weighted by Crippen LogP contribution is 2.42. The molecule has 3 rings (SSSR count). The lowest BCUT2D eigenvalue weighted by Crippen LogP contribution is -2.48. The predicted octanol–water partition coefficient (Wildman–Crippen LogP) is 3.61. The number of ether oxygens (including phenoxy) is 5. The zero-order valence-electron chi connectivity index (χ0n) is 17.6. The zero-order chi connectivity index (χ0) is 21.0. The quantitative estimate of drug-likeness (QED) is 0.669. The summed E-state index contributed by atoms with van der Waals surface area (Å²) < 4.78 is 42.0. The van der Waals surface area contributed by atoms with E-state index in [1.165, 1.54) is 12.1 Å². The number of nitrogens with zero attached hydrogens (tertiary/aromatic N) is 1. The van der Waals surface area contributed by atoms with Gasteiger partial charge in [-0.2, -0.15) is 0 Å². The molecule has 2 aromatic rings. The number of rotatable bonds is 8. The first-order valence-electron chi connectivity index (χ1n) is 9.42. The summed E-state index contributed by atoms with van der Waals surface area (Å²) >= 11 is 0. The first-order chi connectivity index (χ1) is 13.9. The second kappa shape index (κ2) is 8.88. The summed E-state index contributed by atoms with van der Waals surface area (Å²) in [6, 6.07) is 8.36. The van der Waals surface area contributed by atoms with Gasteiger partial charge in [0.25, 0.3) is 0 Å². The monoisotopic (exact) mass is 405 g/mol. The van der Waals surface area contributed by atoms with Crippen molar-refractivity contribution in [3.63, 3.8) is 0 Å². The average molecular weight is 405 g/mol. The standard InChI is InChI=1S/C22H28FNO5/c1-24(2)22(8-9-29-18-7-6-16(23)12-17(18)22)14-28-13-15-10-19(25-3)21(27-5)20(11-15)26-4/h6-7,10-12H,8-9,13-14H2,1-5H3. The van der Waals surface area contributed by atoms with E-state index in [1.54, 1.807) is 27.4 Å². The molecule has 0 radical (unpaired) electrons. The van der Waals surface area contributed by atoms with Gasteiger partial charge in [0.05, 0.1) is 46.7 Å². The molecule has 2 aromatic carbocycles. The molecule has 0 bridgehead atoms. The van der Waals surface area contributed by atoms with Crippen LogP contribution in [0, 0.1) is 5.82 Å². The van der Waals surface area contributed by atoms with Crippen LogP contribution in [0.15, 0.2) is 30.3 Å². The molecular weight excluding hydrogens is 377 g/mol. The molecule has 1 aliphatic rings. The molecule has 1 unspecified atom stereocenters. The molecule has 1 heterocycles. The smallest absolute Gasteiger partial charge is 0.203 e. The Morgan fingerprint density at radius 3 is 2.31 bits per heavy atom. The Bertz CT molecular complexity index is 832. The summed E-state index contributed by atoms with van der Waals surface area (Å²) in [5.74, 6) is 2.10. The zero-order valence-corrected chi connectivity index (χ0v) is 17.6. The number of benzene rings is 2. The maximum absolute atomic E-state index is 14.0. The maximum Gasteiger partial charge on any atom is 0.203 e. The summed E-state index contributed by atoms with van der Waals surface area (Å²) in [5.41, 5.74) is 1.22. The van der Waals surface area contributed by atoms with Gasteiger partial charge in [0.15, 0.2) is 11.5 Å². The molecule has 1 aliphatic heterocycles. The Balaban J connectivity index is 1.83. The molecule has 7 heteroatoms. The van der Waals surface area contributed by atoms with Gasteiger partial charge in [-0.25, -0.2) is 4.39 Å². The van der Waals surface area contributed by atoms with Crippen LogP contribution in [0.5, 0.6) is 23.0 Å². The van der Waals surface area contributed by atoms with E-state index in [9.17, 15) is 4.39 Å². The molecule has 6 nitrogen and oxygen atoms in total. The van der Waals surface area contributed by atoms with E-state index < -0.39 is 5.54 Å². The second-order valence-electron chi connectivity index (χ2n) is 7.19. The van der Waals surface area contributed by atoms with Crippen molar-refractivity contribution in [1.82, 2.24) is 4.90 Å². The van der Waals surface area contributed by atoms with Crippen LogP contribution in [0.2, 0.25) is 0 Å². The fourth-order valence-corrected chi connectivity index (χ4v) is 3.76. The second-order valence-corrected chi connectivity index (χ2v) is 7.19. The molecular formula is C22H28FNO5. The Morgan fingerprint density at radius 1 is 1.03 bits per heavy atom. The lowest BCUT2D eigenvalue weighted by Gasteiger charge is -2.43. The molecule has 29 heavy (non-hydrogen) atoms. The topological polar surface area (TPSA) is 49.4 Å². The van der Waals surface area contributed by atoms with Crippen LogP contribution in [0.3, 0.4) is 0 Å². The van der Waals surface area contributed by atoms with Crippen molar-refractivity contribution >= 4 is 0 Å². The van der Waals surface area contributed by atoms with Gasteiger partial charge in [-0.1, -0.05) is 0 Å². The number of methoxy groups -OCH3 is 3. The molecule has 0 N–H and O–H groups in total. The van der Waals surface area contributed by atoms with Gasteiger partial charge in [0.2, 0.25) is 5.75 Å². The number of likely N-dealkylation sites (N-methyl/N-ethyl adjacent to an activating group) is 1. The fraction of sp³-hybridized carbons (Fsp3) is 0.455. The summed E-state index contributed by atoms with van der Waals surface area (Å²) in [6.07, 6.45) is 0.700. The molecule has 1 atom stereocenters. The van der Waals surface area contributed by atoms with Gasteiger partial charge in [-0.05, 0) is 50.0 Å². The van der Waals surface area contributed by atoms with Crippen LogP contribution >= 0.6 is 0 Å². The third-order valence-corrected chi connectivity index (χ3v) is 5.41. The minimum atomic E-state index is -0.476. The highest BCUT2D eigenvalue weighted by atomic mass is 19.1. The molecule has 158 valence electrons. The Labute approximate surface area is 171 Å². The highest BCUT2D eigenvalue weighted by Gasteiger charge is 2.40. The fourth-order valence-electron chi connectivity index (χ4n) is 3.76. The van der Waals surface area contributed by atoms with Crippen LogP contribution in [-0.2, 0) is 16.9 Å². The molecule has 0 fully saturated rings. The van der Waals surface area contributed by atoms with Crippen LogP contribution in [0.4, 0.5) is 4.39 Å². The van der Waals surface area contributed by atoms with Crippen LogP contribution in [0.25, 0.3) is 0 Å². The van der Waals surface area contributed by atoms with Gasteiger partial charge in [0.1, 0.15) is 11.6 Å². The third-order valence-electron chi connectivity index (χ3n) is 5.41. The Morgan fingerprint density at radius 2 is 1.72 bits per heavy atom. The van der Waals surface area contributed by atoms with Crippen molar-refractivity contribution in [3.8, 4) is 23.0 Å². The minimum absolute atomic E-state index is 0.287. The van der Waals surface area contributed by atoms with Crippen molar-refractivity contribution in [2.45, 2.75) is 18.6 Å². The Kier molecular flexibility index (Phi) is 6.49. The van der Waals surface area contributed by atoms with E-state index in [-0.39, 0.29) is 5.82 Å². The van der Waals surface area contributed by atoms with Gasteiger partial charge in [-0.15, -0.1) is 0 Å². The lowest BCUT2D eigenvalue weighted by molar-refractivity contribution is -0.0180.